The van der Waals surface area contributed by atoms with E-state index in [9.17, 15) is 4.79 Å². The van der Waals surface area contributed by atoms with Gasteiger partial charge in [0.05, 0.1) is 6.42 Å². The van der Waals surface area contributed by atoms with Crippen LogP contribution in [-0.2, 0) is 16.0 Å². The second kappa shape index (κ2) is 9.13. The van der Waals surface area contributed by atoms with Gasteiger partial charge >= 0.3 is 5.97 Å². The molecule has 1 rings (SSSR count). The molecule has 0 spiro atoms. The van der Waals surface area contributed by atoms with Crippen molar-refractivity contribution in [2.75, 3.05) is 6.61 Å². The number of allylic oxidation sites excluding steroid dienone is 3. The van der Waals surface area contributed by atoms with Gasteiger partial charge in [0, 0.05) is 0 Å². The van der Waals surface area contributed by atoms with Crippen molar-refractivity contribution in [3.05, 3.63) is 59.2 Å². The summed E-state index contributed by atoms with van der Waals surface area (Å²) in [6.07, 6.45) is 6.82. The summed E-state index contributed by atoms with van der Waals surface area (Å²) in [7, 11) is 0. The number of hydrogen-bond donors (Lipinski definition) is 0. The van der Waals surface area contributed by atoms with Crippen LogP contribution in [-0.4, -0.2) is 12.6 Å². The molecule has 20 heavy (non-hydrogen) atoms. The number of hydrogen-bond acceptors (Lipinski definition) is 2. The summed E-state index contributed by atoms with van der Waals surface area (Å²) < 4.78 is 5.30. The molecule has 0 bridgehead atoms. The maximum Gasteiger partial charge on any atom is 0.310 e. The molecule has 1 aromatic rings. The number of rotatable bonds is 7. The molecule has 108 valence electrons. The summed E-state index contributed by atoms with van der Waals surface area (Å²) in [5.41, 5.74) is 3.25. The highest BCUT2D eigenvalue weighted by molar-refractivity contribution is 5.72. The summed E-state index contributed by atoms with van der Waals surface area (Å²) in [6, 6.07) is 9.66. The van der Waals surface area contributed by atoms with Crippen LogP contribution >= 0.6 is 0 Å². The van der Waals surface area contributed by atoms with Crippen LogP contribution in [0.4, 0.5) is 0 Å². The lowest BCUT2D eigenvalue weighted by atomic mass is 10.1. The molecular weight excluding hydrogens is 248 g/mol. The van der Waals surface area contributed by atoms with E-state index in [4.69, 9.17) is 4.74 Å². The van der Waals surface area contributed by atoms with Crippen LogP contribution in [0.15, 0.2) is 53.6 Å². The van der Waals surface area contributed by atoms with Gasteiger partial charge in [0.15, 0.2) is 0 Å². The fraction of sp³-hybridized carbons (Fsp3) is 0.389. The van der Waals surface area contributed by atoms with Crippen LogP contribution in [0.2, 0.25) is 0 Å². The predicted molar refractivity (Wildman–Crippen MR) is 83.5 cm³/mol. The van der Waals surface area contributed by atoms with E-state index in [1.54, 1.807) is 0 Å². The number of benzene rings is 1. The standard InChI is InChI=1S/C18H24O2/c1-4-5-7-10-15(2)16(3)14-20-18(19)13-17-11-8-6-9-12-17/h6-12H,4-5,13-14H2,1-3H3/b10-7+,16-15+. The van der Waals surface area contributed by atoms with Gasteiger partial charge in [0.2, 0.25) is 0 Å². The van der Waals surface area contributed by atoms with Crippen molar-refractivity contribution in [1.29, 1.82) is 0 Å². The average molecular weight is 272 g/mol. The van der Waals surface area contributed by atoms with Crippen LogP contribution in [0.3, 0.4) is 0 Å². The predicted octanol–water partition coefficient (Wildman–Crippen LogP) is 4.47. The van der Waals surface area contributed by atoms with Gasteiger partial charge in [0.25, 0.3) is 0 Å². The lowest BCUT2D eigenvalue weighted by molar-refractivity contribution is -0.141. The van der Waals surface area contributed by atoms with Gasteiger partial charge in [0.1, 0.15) is 6.61 Å². The molecule has 0 unspecified atom stereocenters. The van der Waals surface area contributed by atoms with Crippen molar-refractivity contribution in [3.8, 4) is 0 Å². The Morgan fingerprint density at radius 3 is 2.55 bits per heavy atom. The summed E-state index contributed by atoms with van der Waals surface area (Å²) in [4.78, 5) is 11.7. The molecular formula is C18H24O2. The molecule has 0 atom stereocenters. The number of ether oxygens (including phenoxy) is 1. The van der Waals surface area contributed by atoms with Crippen molar-refractivity contribution in [2.24, 2.45) is 0 Å². The van der Waals surface area contributed by atoms with Crippen LogP contribution in [0, 0.1) is 0 Å². The fourth-order valence-electron chi connectivity index (χ4n) is 1.69. The molecule has 0 N–H and O–H groups in total. The van der Waals surface area contributed by atoms with Crippen molar-refractivity contribution >= 4 is 5.97 Å². The minimum Gasteiger partial charge on any atom is -0.461 e. The topological polar surface area (TPSA) is 26.3 Å². The molecule has 0 aliphatic carbocycles. The maximum absolute atomic E-state index is 11.7. The lowest BCUT2D eigenvalue weighted by Gasteiger charge is -2.07. The minimum atomic E-state index is -0.180. The molecule has 0 saturated carbocycles. The highest BCUT2D eigenvalue weighted by atomic mass is 16.5. The van der Waals surface area contributed by atoms with Crippen LogP contribution in [0.25, 0.3) is 0 Å². The molecule has 0 aromatic heterocycles. The first-order valence-corrected chi connectivity index (χ1v) is 7.16. The van der Waals surface area contributed by atoms with E-state index >= 15 is 0 Å². The van der Waals surface area contributed by atoms with Gasteiger partial charge in [-0.15, -0.1) is 0 Å². The number of carbonyl (C=O) groups is 1. The van der Waals surface area contributed by atoms with Gasteiger partial charge < -0.3 is 4.74 Å². The van der Waals surface area contributed by atoms with E-state index in [1.165, 1.54) is 5.57 Å². The second-order valence-electron chi connectivity index (χ2n) is 4.98. The summed E-state index contributed by atoms with van der Waals surface area (Å²) in [5.74, 6) is -0.180. The minimum absolute atomic E-state index is 0.180. The lowest BCUT2D eigenvalue weighted by Crippen LogP contribution is -2.10. The number of carbonyl (C=O) groups excluding carboxylic acids is 1. The van der Waals surface area contributed by atoms with Crippen molar-refractivity contribution in [1.82, 2.24) is 0 Å². The third-order valence-electron chi connectivity index (χ3n) is 3.14. The Morgan fingerprint density at radius 2 is 1.90 bits per heavy atom. The molecule has 0 amide bonds. The molecule has 0 fully saturated rings. The first-order chi connectivity index (χ1) is 9.63. The highest BCUT2D eigenvalue weighted by Gasteiger charge is 2.05. The summed E-state index contributed by atoms with van der Waals surface area (Å²) in [6.45, 7) is 6.57. The third kappa shape index (κ3) is 6.37. The summed E-state index contributed by atoms with van der Waals surface area (Å²) in [5, 5.41) is 0. The van der Waals surface area contributed by atoms with E-state index in [1.807, 2.05) is 44.2 Å². The molecule has 1 aromatic carbocycles. The molecule has 0 aliphatic rings. The molecule has 0 aliphatic heterocycles. The largest absolute Gasteiger partial charge is 0.461 e. The van der Waals surface area contributed by atoms with E-state index < -0.39 is 0 Å². The van der Waals surface area contributed by atoms with Crippen LogP contribution in [0.5, 0.6) is 0 Å². The Morgan fingerprint density at radius 1 is 1.20 bits per heavy atom. The Kier molecular flexibility index (Phi) is 7.41. The fourth-order valence-corrected chi connectivity index (χ4v) is 1.69. The maximum atomic E-state index is 11.7. The van der Waals surface area contributed by atoms with E-state index in [-0.39, 0.29) is 5.97 Å². The monoisotopic (exact) mass is 272 g/mol. The second-order valence-corrected chi connectivity index (χ2v) is 4.98. The van der Waals surface area contributed by atoms with Gasteiger partial charge in [-0.25, -0.2) is 0 Å². The van der Waals surface area contributed by atoms with Gasteiger partial charge in [-0.05, 0) is 37.0 Å². The summed E-state index contributed by atoms with van der Waals surface area (Å²) >= 11 is 0. The van der Waals surface area contributed by atoms with E-state index in [2.05, 4.69) is 19.1 Å². The molecule has 2 nitrogen and oxygen atoms in total. The van der Waals surface area contributed by atoms with Crippen molar-refractivity contribution in [2.45, 2.75) is 40.0 Å². The molecule has 0 saturated heterocycles. The smallest absolute Gasteiger partial charge is 0.310 e. The third-order valence-corrected chi connectivity index (χ3v) is 3.14. The Labute approximate surface area is 122 Å². The Balaban J connectivity index is 2.42. The quantitative estimate of drug-likeness (QED) is 0.541. The van der Waals surface area contributed by atoms with E-state index in [0.717, 1.165) is 24.0 Å². The zero-order chi connectivity index (χ0) is 14.8. The zero-order valence-corrected chi connectivity index (χ0v) is 12.7. The van der Waals surface area contributed by atoms with Crippen molar-refractivity contribution < 1.29 is 9.53 Å². The Bertz CT molecular complexity index is 469. The normalized spacial score (nSPS) is 12.3. The SMILES string of the molecule is CCC/C=C/C(C)=C(\C)COC(=O)Cc1ccccc1. The molecule has 0 heterocycles. The first kappa shape index (κ1) is 16.2. The number of unbranched alkanes of at least 4 members (excludes halogenated alkanes) is 1. The zero-order valence-electron chi connectivity index (χ0n) is 12.7. The van der Waals surface area contributed by atoms with Gasteiger partial charge in [-0.1, -0.05) is 55.8 Å². The van der Waals surface area contributed by atoms with Crippen LogP contribution in [0.1, 0.15) is 39.2 Å². The number of esters is 1. The van der Waals surface area contributed by atoms with E-state index in [0.29, 0.717) is 13.0 Å². The van der Waals surface area contributed by atoms with Gasteiger partial charge in [-0.2, -0.15) is 0 Å². The molecule has 0 radical (unpaired) electrons. The average Bonchev–Trinajstić information content (AvgIpc) is 2.46. The van der Waals surface area contributed by atoms with Crippen molar-refractivity contribution in [3.63, 3.8) is 0 Å². The molecule has 2 heteroatoms. The Hall–Kier alpha value is -1.83. The first-order valence-electron chi connectivity index (χ1n) is 7.16. The van der Waals surface area contributed by atoms with Gasteiger partial charge in [-0.3, -0.25) is 4.79 Å². The van der Waals surface area contributed by atoms with Crippen LogP contribution < -0.4 is 0 Å². The highest BCUT2D eigenvalue weighted by Crippen LogP contribution is 2.08.